The molecule has 0 unspecified atom stereocenters. The number of rotatable bonds is 1. The van der Waals surface area contributed by atoms with Crippen LogP contribution < -0.4 is 5.73 Å². The van der Waals surface area contributed by atoms with Crippen molar-refractivity contribution in [3.8, 4) is 11.3 Å². The zero-order valence-electron chi connectivity index (χ0n) is 9.58. The first kappa shape index (κ1) is 11.0. The number of hydrogen-bond donors (Lipinski definition) is 1. The van der Waals surface area contributed by atoms with E-state index in [0.717, 1.165) is 11.3 Å². The average Bonchev–Trinajstić information content (AvgIpc) is 2.50. The van der Waals surface area contributed by atoms with Crippen LogP contribution in [0.15, 0.2) is 18.2 Å². The molecule has 0 spiro atoms. The summed E-state index contributed by atoms with van der Waals surface area (Å²) in [5.41, 5.74) is 9.93. The molecule has 0 fully saturated rings. The SMILES string of the molecule is Cc1ccc(-c2nc(N)n(C)c2Cl)cc1C. The third kappa shape index (κ3) is 1.67. The van der Waals surface area contributed by atoms with Gasteiger partial charge in [-0.2, -0.15) is 0 Å². The number of hydrogen-bond acceptors (Lipinski definition) is 2. The van der Waals surface area contributed by atoms with Crippen LogP contribution in [0.3, 0.4) is 0 Å². The molecule has 1 heterocycles. The molecule has 0 saturated heterocycles. The van der Waals surface area contributed by atoms with Crippen molar-refractivity contribution < 1.29 is 0 Å². The maximum atomic E-state index is 6.16. The first-order valence-electron chi connectivity index (χ1n) is 5.06. The highest BCUT2D eigenvalue weighted by molar-refractivity contribution is 6.32. The topological polar surface area (TPSA) is 43.8 Å². The summed E-state index contributed by atoms with van der Waals surface area (Å²) in [7, 11) is 1.80. The van der Waals surface area contributed by atoms with Gasteiger partial charge in [0, 0.05) is 12.6 Å². The fourth-order valence-corrected chi connectivity index (χ4v) is 1.81. The molecule has 0 atom stereocenters. The van der Waals surface area contributed by atoms with Crippen molar-refractivity contribution in [2.45, 2.75) is 13.8 Å². The Hall–Kier alpha value is -1.48. The number of imidazole rings is 1. The van der Waals surface area contributed by atoms with Gasteiger partial charge in [-0.05, 0) is 31.0 Å². The molecular weight excluding hydrogens is 222 g/mol. The lowest BCUT2D eigenvalue weighted by Crippen LogP contribution is -1.96. The second kappa shape index (κ2) is 3.83. The molecule has 1 aromatic carbocycles. The van der Waals surface area contributed by atoms with Crippen LogP contribution >= 0.6 is 11.6 Å². The Morgan fingerprint density at radius 2 is 1.94 bits per heavy atom. The fraction of sp³-hybridized carbons (Fsp3) is 0.250. The van der Waals surface area contributed by atoms with Crippen LogP contribution in [0.2, 0.25) is 5.15 Å². The van der Waals surface area contributed by atoms with Crippen LogP contribution in [0.5, 0.6) is 0 Å². The molecule has 0 radical (unpaired) electrons. The molecule has 3 nitrogen and oxygen atoms in total. The number of anilines is 1. The first-order valence-corrected chi connectivity index (χ1v) is 5.44. The Labute approximate surface area is 99.9 Å². The highest BCUT2D eigenvalue weighted by atomic mass is 35.5. The number of benzene rings is 1. The zero-order valence-corrected chi connectivity index (χ0v) is 10.3. The van der Waals surface area contributed by atoms with Crippen molar-refractivity contribution >= 4 is 17.5 Å². The molecule has 1 aromatic heterocycles. The molecule has 0 aliphatic heterocycles. The summed E-state index contributed by atoms with van der Waals surface area (Å²) in [6.07, 6.45) is 0. The second-order valence-corrected chi connectivity index (χ2v) is 4.33. The number of aryl methyl sites for hydroxylation is 2. The van der Waals surface area contributed by atoms with E-state index in [1.165, 1.54) is 11.1 Å². The van der Waals surface area contributed by atoms with Crippen LogP contribution in [0.1, 0.15) is 11.1 Å². The summed E-state index contributed by atoms with van der Waals surface area (Å²) in [6.45, 7) is 4.15. The van der Waals surface area contributed by atoms with E-state index < -0.39 is 0 Å². The van der Waals surface area contributed by atoms with E-state index in [9.17, 15) is 0 Å². The maximum absolute atomic E-state index is 6.16. The molecule has 2 N–H and O–H groups in total. The van der Waals surface area contributed by atoms with Crippen molar-refractivity contribution in [3.05, 3.63) is 34.5 Å². The molecule has 0 amide bonds. The maximum Gasteiger partial charge on any atom is 0.201 e. The van der Waals surface area contributed by atoms with Gasteiger partial charge in [0.15, 0.2) is 0 Å². The minimum Gasteiger partial charge on any atom is -0.369 e. The lowest BCUT2D eigenvalue weighted by atomic mass is 10.0. The van der Waals surface area contributed by atoms with E-state index in [4.69, 9.17) is 17.3 Å². The number of nitrogens with zero attached hydrogens (tertiary/aromatic N) is 2. The molecule has 2 rings (SSSR count). The molecule has 4 heteroatoms. The predicted molar refractivity (Wildman–Crippen MR) is 67.5 cm³/mol. The summed E-state index contributed by atoms with van der Waals surface area (Å²) in [6, 6.07) is 6.14. The predicted octanol–water partition coefficient (Wildman–Crippen LogP) is 2.94. The van der Waals surface area contributed by atoms with Crippen LogP contribution in [0.25, 0.3) is 11.3 Å². The monoisotopic (exact) mass is 235 g/mol. The Bertz CT molecular complexity index is 543. The van der Waals surface area contributed by atoms with Gasteiger partial charge >= 0.3 is 0 Å². The number of nitrogen functional groups attached to an aromatic ring is 1. The summed E-state index contributed by atoms with van der Waals surface area (Å²) < 4.78 is 1.67. The summed E-state index contributed by atoms with van der Waals surface area (Å²) in [5, 5.41) is 0.570. The molecule has 2 aromatic rings. The van der Waals surface area contributed by atoms with E-state index in [2.05, 4.69) is 31.0 Å². The molecule has 0 saturated carbocycles. The number of aromatic nitrogens is 2. The van der Waals surface area contributed by atoms with E-state index in [1.54, 1.807) is 11.6 Å². The van der Waals surface area contributed by atoms with Gasteiger partial charge in [0.25, 0.3) is 0 Å². The molecule has 84 valence electrons. The molecule has 0 bridgehead atoms. The van der Waals surface area contributed by atoms with E-state index in [0.29, 0.717) is 11.1 Å². The Balaban J connectivity index is 2.59. The quantitative estimate of drug-likeness (QED) is 0.826. The summed E-state index contributed by atoms with van der Waals surface area (Å²) >= 11 is 6.16. The smallest absolute Gasteiger partial charge is 0.201 e. The highest BCUT2D eigenvalue weighted by Gasteiger charge is 2.12. The summed E-state index contributed by atoms with van der Waals surface area (Å²) in [4.78, 5) is 4.26. The van der Waals surface area contributed by atoms with Crippen molar-refractivity contribution in [3.63, 3.8) is 0 Å². The molecular formula is C12H14ClN3. The number of nitrogens with two attached hydrogens (primary N) is 1. The van der Waals surface area contributed by atoms with Crippen LogP contribution in [0.4, 0.5) is 5.95 Å². The van der Waals surface area contributed by atoms with Crippen molar-refractivity contribution in [2.24, 2.45) is 7.05 Å². The van der Waals surface area contributed by atoms with Gasteiger partial charge in [0.2, 0.25) is 5.95 Å². The number of halogens is 1. The first-order chi connectivity index (χ1) is 7.50. The normalized spacial score (nSPS) is 10.8. The molecule has 0 aliphatic carbocycles. The van der Waals surface area contributed by atoms with Gasteiger partial charge in [-0.25, -0.2) is 4.98 Å². The van der Waals surface area contributed by atoms with Gasteiger partial charge < -0.3 is 10.3 Å². The highest BCUT2D eigenvalue weighted by Crippen LogP contribution is 2.29. The van der Waals surface area contributed by atoms with Crippen LogP contribution in [-0.2, 0) is 7.05 Å². The Morgan fingerprint density at radius 1 is 1.25 bits per heavy atom. The third-order valence-electron chi connectivity index (χ3n) is 2.84. The van der Waals surface area contributed by atoms with Gasteiger partial charge in [-0.3, -0.25) is 0 Å². The minimum atomic E-state index is 0.429. The van der Waals surface area contributed by atoms with Crippen LogP contribution in [0, 0.1) is 13.8 Å². The summed E-state index contributed by atoms with van der Waals surface area (Å²) in [5.74, 6) is 0.429. The Morgan fingerprint density at radius 3 is 2.44 bits per heavy atom. The van der Waals surface area contributed by atoms with Gasteiger partial charge in [0.1, 0.15) is 10.8 Å². The van der Waals surface area contributed by atoms with Gasteiger partial charge in [-0.1, -0.05) is 23.7 Å². The van der Waals surface area contributed by atoms with Crippen molar-refractivity contribution in [1.29, 1.82) is 0 Å². The van der Waals surface area contributed by atoms with Crippen molar-refractivity contribution in [1.82, 2.24) is 9.55 Å². The lowest BCUT2D eigenvalue weighted by molar-refractivity contribution is 0.931. The van der Waals surface area contributed by atoms with Crippen molar-refractivity contribution in [2.75, 3.05) is 5.73 Å². The van der Waals surface area contributed by atoms with E-state index in [-0.39, 0.29) is 0 Å². The molecule has 16 heavy (non-hydrogen) atoms. The van der Waals surface area contributed by atoms with E-state index in [1.807, 2.05) is 6.07 Å². The van der Waals surface area contributed by atoms with E-state index >= 15 is 0 Å². The zero-order chi connectivity index (χ0) is 11.9. The minimum absolute atomic E-state index is 0.429. The Kier molecular flexibility index (Phi) is 2.64. The lowest BCUT2D eigenvalue weighted by Gasteiger charge is -2.03. The standard InChI is InChI=1S/C12H14ClN3/c1-7-4-5-9(6-8(7)2)10-11(13)16(3)12(14)15-10/h4-6H,1-3H3,(H2,14,15). The second-order valence-electron chi connectivity index (χ2n) is 3.97. The third-order valence-corrected chi connectivity index (χ3v) is 3.27. The molecule has 0 aliphatic rings. The largest absolute Gasteiger partial charge is 0.369 e. The van der Waals surface area contributed by atoms with Gasteiger partial charge in [0.05, 0.1) is 0 Å². The fourth-order valence-electron chi connectivity index (χ4n) is 1.57. The van der Waals surface area contributed by atoms with Crippen LogP contribution in [-0.4, -0.2) is 9.55 Å². The average molecular weight is 236 g/mol. The van der Waals surface area contributed by atoms with Gasteiger partial charge in [-0.15, -0.1) is 0 Å².